The van der Waals surface area contributed by atoms with Crippen LogP contribution in [0.2, 0.25) is 0 Å². The fourth-order valence-corrected chi connectivity index (χ4v) is 2.94. The van der Waals surface area contributed by atoms with Crippen molar-refractivity contribution in [3.8, 4) is 5.75 Å². The van der Waals surface area contributed by atoms with Crippen LogP contribution in [0.25, 0.3) is 0 Å². The fraction of sp³-hybridized carbons (Fsp3) is 0.316. The summed E-state index contributed by atoms with van der Waals surface area (Å²) in [5.74, 6) is 0.881. The highest BCUT2D eigenvalue weighted by atomic mass is 16.5. The Kier molecular flexibility index (Phi) is 4.71. The largest absolute Gasteiger partial charge is 0.493 e. The van der Waals surface area contributed by atoms with Crippen molar-refractivity contribution in [2.75, 3.05) is 18.5 Å². The Morgan fingerprint density at radius 2 is 1.96 bits per heavy atom. The van der Waals surface area contributed by atoms with Crippen LogP contribution in [0.4, 0.5) is 10.5 Å². The molecular formula is C19H22N2O3. The van der Waals surface area contributed by atoms with Gasteiger partial charge in [0, 0.05) is 18.7 Å². The van der Waals surface area contributed by atoms with Gasteiger partial charge in [-0.3, -0.25) is 0 Å². The van der Waals surface area contributed by atoms with Crippen LogP contribution in [0.3, 0.4) is 0 Å². The summed E-state index contributed by atoms with van der Waals surface area (Å²) < 4.78 is 5.46. The van der Waals surface area contributed by atoms with Crippen molar-refractivity contribution in [1.29, 1.82) is 0 Å². The van der Waals surface area contributed by atoms with Crippen LogP contribution >= 0.6 is 0 Å². The average Bonchev–Trinajstić information content (AvgIpc) is 2.99. The molecule has 0 saturated carbocycles. The number of hydrogen-bond acceptors (Lipinski definition) is 3. The lowest BCUT2D eigenvalue weighted by molar-refractivity contribution is 0.175. The van der Waals surface area contributed by atoms with Crippen LogP contribution in [0.5, 0.6) is 5.75 Å². The molecule has 0 fully saturated rings. The van der Waals surface area contributed by atoms with Gasteiger partial charge in [-0.1, -0.05) is 12.1 Å². The number of rotatable bonds is 4. The average molecular weight is 326 g/mol. The van der Waals surface area contributed by atoms with E-state index in [0.717, 1.165) is 40.1 Å². The number of aliphatic hydroxyl groups excluding tert-OH is 1. The molecule has 0 radical (unpaired) electrons. The molecule has 1 heterocycles. The molecule has 5 nitrogen and oxygen atoms in total. The number of aliphatic hydroxyl groups is 1. The third kappa shape index (κ3) is 3.86. The molecule has 3 N–H and O–H groups in total. The topological polar surface area (TPSA) is 70.6 Å². The minimum absolute atomic E-state index is 0.149. The van der Waals surface area contributed by atoms with E-state index < -0.39 is 6.10 Å². The Morgan fingerprint density at radius 3 is 2.71 bits per heavy atom. The van der Waals surface area contributed by atoms with Crippen molar-refractivity contribution in [3.05, 3.63) is 58.7 Å². The van der Waals surface area contributed by atoms with E-state index in [2.05, 4.69) is 10.6 Å². The van der Waals surface area contributed by atoms with Crippen LogP contribution in [0, 0.1) is 13.8 Å². The number of anilines is 1. The van der Waals surface area contributed by atoms with Crippen molar-refractivity contribution in [2.45, 2.75) is 26.4 Å². The Bertz CT molecular complexity index is 738. The third-order valence-electron chi connectivity index (χ3n) is 4.03. The Hall–Kier alpha value is -2.53. The van der Waals surface area contributed by atoms with Crippen LogP contribution in [0.15, 0.2) is 36.4 Å². The Labute approximate surface area is 141 Å². The van der Waals surface area contributed by atoms with Gasteiger partial charge in [0.05, 0.1) is 12.7 Å². The number of carbonyl (C=O) groups is 1. The molecule has 0 bridgehead atoms. The lowest BCUT2D eigenvalue weighted by Crippen LogP contribution is -2.32. The molecule has 1 aliphatic rings. The zero-order valence-electron chi connectivity index (χ0n) is 13.9. The number of ether oxygens (including phenoxy) is 1. The number of benzene rings is 2. The minimum atomic E-state index is -0.749. The number of amides is 2. The molecule has 5 heteroatoms. The van der Waals surface area contributed by atoms with Gasteiger partial charge in [0.2, 0.25) is 0 Å². The first-order chi connectivity index (χ1) is 11.5. The van der Waals surface area contributed by atoms with Gasteiger partial charge in [0.1, 0.15) is 5.75 Å². The number of urea groups is 1. The Morgan fingerprint density at radius 1 is 1.21 bits per heavy atom. The fourth-order valence-electron chi connectivity index (χ4n) is 2.94. The van der Waals surface area contributed by atoms with Gasteiger partial charge in [-0.05, 0) is 60.4 Å². The number of aryl methyl sites for hydroxylation is 2. The molecule has 2 aromatic rings. The van der Waals surface area contributed by atoms with E-state index in [9.17, 15) is 9.90 Å². The second kappa shape index (κ2) is 6.93. The molecule has 1 aliphatic heterocycles. The zero-order chi connectivity index (χ0) is 17.1. The number of nitrogens with one attached hydrogen (secondary N) is 2. The normalized spacial score (nSPS) is 13.8. The number of hydrogen-bond donors (Lipinski definition) is 3. The summed E-state index contributed by atoms with van der Waals surface area (Å²) in [6.07, 6.45) is 0.108. The van der Waals surface area contributed by atoms with Crippen molar-refractivity contribution < 1.29 is 14.6 Å². The summed E-state index contributed by atoms with van der Waals surface area (Å²) in [5, 5.41) is 15.8. The van der Waals surface area contributed by atoms with Crippen LogP contribution < -0.4 is 15.4 Å². The van der Waals surface area contributed by atoms with E-state index in [4.69, 9.17) is 4.74 Å². The van der Waals surface area contributed by atoms with Crippen LogP contribution in [-0.4, -0.2) is 24.3 Å². The molecule has 0 aliphatic carbocycles. The highest BCUT2D eigenvalue weighted by Gasteiger charge is 2.16. The van der Waals surface area contributed by atoms with Crippen molar-refractivity contribution >= 4 is 11.7 Å². The summed E-state index contributed by atoms with van der Waals surface area (Å²) in [4.78, 5) is 12.0. The van der Waals surface area contributed by atoms with E-state index in [1.54, 1.807) is 0 Å². The molecule has 0 saturated heterocycles. The molecule has 0 aromatic heterocycles. The van der Waals surface area contributed by atoms with Gasteiger partial charge < -0.3 is 20.5 Å². The van der Waals surface area contributed by atoms with Crippen LogP contribution in [-0.2, 0) is 6.42 Å². The van der Waals surface area contributed by atoms with Gasteiger partial charge in [-0.15, -0.1) is 0 Å². The summed E-state index contributed by atoms with van der Waals surface area (Å²) in [6, 6.07) is 11.2. The highest BCUT2D eigenvalue weighted by molar-refractivity contribution is 5.89. The third-order valence-corrected chi connectivity index (χ3v) is 4.03. The highest BCUT2D eigenvalue weighted by Crippen LogP contribution is 2.28. The molecule has 3 rings (SSSR count). The lowest BCUT2D eigenvalue weighted by Gasteiger charge is -2.14. The van der Waals surface area contributed by atoms with Gasteiger partial charge in [-0.2, -0.15) is 0 Å². The second-order valence-electron chi connectivity index (χ2n) is 6.19. The lowest BCUT2D eigenvalue weighted by atomic mass is 10.0. The molecule has 1 atom stereocenters. The van der Waals surface area contributed by atoms with Gasteiger partial charge in [0.15, 0.2) is 0 Å². The summed E-state index contributed by atoms with van der Waals surface area (Å²) in [7, 11) is 0. The molecule has 1 unspecified atom stereocenters. The molecule has 0 spiro atoms. The molecule has 2 amide bonds. The maximum absolute atomic E-state index is 12.0. The number of fused-ring (bicyclic) bond motifs is 1. The predicted octanol–water partition coefficient (Wildman–Crippen LogP) is 3.09. The maximum atomic E-state index is 12.0. The van der Waals surface area contributed by atoms with Gasteiger partial charge in [0.25, 0.3) is 0 Å². The second-order valence-corrected chi connectivity index (χ2v) is 6.19. The standard InChI is InChI=1S/C19H22N2O3/c1-12-7-13(2)9-16(8-12)21-19(23)20-11-17(22)14-3-4-18-15(10-14)5-6-24-18/h3-4,7-10,17,22H,5-6,11H2,1-2H3,(H2,20,21,23). The van der Waals surface area contributed by atoms with Gasteiger partial charge in [-0.25, -0.2) is 4.79 Å². The van der Waals surface area contributed by atoms with E-state index in [-0.39, 0.29) is 12.6 Å². The SMILES string of the molecule is Cc1cc(C)cc(NC(=O)NCC(O)c2ccc3c(c2)CCO3)c1. The molecule has 126 valence electrons. The van der Waals surface area contributed by atoms with Gasteiger partial charge >= 0.3 is 6.03 Å². The van der Waals surface area contributed by atoms with Crippen molar-refractivity contribution in [3.63, 3.8) is 0 Å². The predicted molar refractivity (Wildman–Crippen MR) is 93.5 cm³/mol. The maximum Gasteiger partial charge on any atom is 0.319 e. The molecular weight excluding hydrogens is 304 g/mol. The zero-order valence-corrected chi connectivity index (χ0v) is 13.9. The molecule has 24 heavy (non-hydrogen) atoms. The first-order valence-corrected chi connectivity index (χ1v) is 8.08. The van der Waals surface area contributed by atoms with E-state index >= 15 is 0 Å². The van der Waals surface area contributed by atoms with Crippen LogP contribution in [0.1, 0.15) is 28.4 Å². The number of carbonyl (C=O) groups excluding carboxylic acids is 1. The van der Waals surface area contributed by atoms with Crippen molar-refractivity contribution in [1.82, 2.24) is 5.32 Å². The quantitative estimate of drug-likeness (QED) is 0.808. The van der Waals surface area contributed by atoms with E-state index in [0.29, 0.717) is 6.61 Å². The summed E-state index contributed by atoms with van der Waals surface area (Å²) in [6.45, 7) is 4.80. The summed E-state index contributed by atoms with van der Waals surface area (Å²) in [5.41, 5.74) is 4.81. The summed E-state index contributed by atoms with van der Waals surface area (Å²) >= 11 is 0. The first-order valence-electron chi connectivity index (χ1n) is 8.08. The molecule has 2 aromatic carbocycles. The Balaban J connectivity index is 1.55. The monoisotopic (exact) mass is 326 g/mol. The van der Waals surface area contributed by atoms with Crippen molar-refractivity contribution in [2.24, 2.45) is 0 Å². The minimum Gasteiger partial charge on any atom is -0.493 e. The first kappa shape index (κ1) is 16.3. The van der Waals surface area contributed by atoms with E-state index in [1.807, 2.05) is 50.2 Å². The van der Waals surface area contributed by atoms with E-state index in [1.165, 1.54) is 0 Å². The smallest absolute Gasteiger partial charge is 0.319 e.